The Morgan fingerprint density at radius 3 is 2.31 bits per heavy atom. The molecule has 0 aliphatic heterocycles. The number of anilines is 2. The molecule has 0 fully saturated rings. The van der Waals surface area contributed by atoms with Gasteiger partial charge in [-0.25, -0.2) is 9.97 Å². The SMILES string of the molecule is CCCOCc1cc(Nc2ccc(C(F)(F)F)cc2)c2ccc(-c3ncccc3C(F)(F)F)nc2n1. The first kappa shape index (κ1) is 25.4. The van der Waals surface area contributed by atoms with Crippen molar-refractivity contribution in [2.45, 2.75) is 32.3 Å². The lowest BCUT2D eigenvalue weighted by Gasteiger charge is -2.15. The van der Waals surface area contributed by atoms with Crippen LogP contribution < -0.4 is 5.32 Å². The number of nitrogens with zero attached hydrogens (tertiary/aromatic N) is 3. The molecule has 0 atom stereocenters. The molecule has 0 spiro atoms. The van der Waals surface area contributed by atoms with E-state index in [1.54, 1.807) is 12.1 Å². The van der Waals surface area contributed by atoms with Gasteiger partial charge in [-0.05, 0) is 61.0 Å². The van der Waals surface area contributed by atoms with Gasteiger partial charge in [0, 0.05) is 23.9 Å². The third kappa shape index (κ3) is 5.73. The number of nitrogens with one attached hydrogen (secondary N) is 1. The lowest BCUT2D eigenvalue weighted by Crippen LogP contribution is -2.09. The minimum atomic E-state index is -4.63. The van der Waals surface area contributed by atoms with Crippen molar-refractivity contribution in [3.05, 3.63) is 77.6 Å². The summed E-state index contributed by atoms with van der Waals surface area (Å²) in [6.45, 7) is 2.52. The van der Waals surface area contributed by atoms with Crippen LogP contribution in [0.3, 0.4) is 0 Å². The number of aromatic nitrogens is 3. The molecule has 0 saturated carbocycles. The second kappa shape index (κ2) is 10.1. The highest BCUT2D eigenvalue weighted by Gasteiger charge is 2.34. The number of hydrogen-bond acceptors (Lipinski definition) is 5. The molecule has 0 bridgehead atoms. The Labute approximate surface area is 202 Å². The molecular weight excluding hydrogens is 486 g/mol. The molecule has 1 aromatic carbocycles. The van der Waals surface area contributed by atoms with Crippen molar-refractivity contribution < 1.29 is 31.1 Å². The summed E-state index contributed by atoms with van der Waals surface area (Å²) >= 11 is 0. The predicted molar refractivity (Wildman–Crippen MR) is 122 cm³/mol. The number of halogens is 6. The van der Waals surface area contributed by atoms with Gasteiger partial charge in [-0.15, -0.1) is 0 Å². The molecule has 36 heavy (non-hydrogen) atoms. The van der Waals surface area contributed by atoms with E-state index in [0.717, 1.165) is 24.6 Å². The molecule has 3 heterocycles. The minimum Gasteiger partial charge on any atom is -0.375 e. The van der Waals surface area contributed by atoms with Crippen molar-refractivity contribution in [1.29, 1.82) is 0 Å². The van der Waals surface area contributed by atoms with Crippen molar-refractivity contribution in [2.24, 2.45) is 0 Å². The van der Waals surface area contributed by atoms with Gasteiger partial charge in [-0.3, -0.25) is 4.98 Å². The van der Waals surface area contributed by atoms with Crippen molar-refractivity contribution in [3.8, 4) is 11.4 Å². The topological polar surface area (TPSA) is 59.9 Å². The van der Waals surface area contributed by atoms with Gasteiger partial charge in [0.05, 0.1) is 34.8 Å². The fraction of sp³-hybridized carbons (Fsp3) is 0.240. The maximum Gasteiger partial charge on any atom is 0.418 e. The van der Waals surface area contributed by atoms with Crippen molar-refractivity contribution in [2.75, 3.05) is 11.9 Å². The number of alkyl halides is 6. The van der Waals surface area contributed by atoms with Crippen LogP contribution in [-0.2, 0) is 23.7 Å². The average Bonchev–Trinajstić information content (AvgIpc) is 2.83. The molecule has 4 aromatic rings. The molecule has 1 N–H and O–H groups in total. The molecule has 188 valence electrons. The molecule has 0 aliphatic rings. The summed E-state index contributed by atoms with van der Waals surface area (Å²) in [5, 5.41) is 3.51. The van der Waals surface area contributed by atoms with Crippen LogP contribution in [0.5, 0.6) is 0 Å². The number of pyridine rings is 3. The Hall–Kier alpha value is -3.73. The molecular formula is C25H20F6N4O. The highest BCUT2D eigenvalue weighted by molar-refractivity contribution is 5.92. The lowest BCUT2D eigenvalue weighted by molar-refractivity contribution is -0.138. The third-order valence-electron chi connectivity index (χ3n) is 5.17. The highest BCUT2D eigenvalue weighted by atomic mass is 19.4. The van der Waals surface area contributed by atoms with Gasteiger partial charge in [0.1, 0.15) is 5.69 Å². The standard InChI is InChI=1S/C25H20F6N4O/c1-2-12-36-14-17-13-21(33-16-7-5-15(6-8-16)24(26,27)28)18-9-10-20(35-23(18)34-17)22-19(25(29,30)31)4-3-11-32-22/h3-11,13H,2,12,14H2,1H3,(H,33,34,35). The summed E-state index contributed by atoms with van der Waals surface area (Å²) in [6.07, 6.45) is -7.07. The average molecular weight is 506 g/mol. The van der Waals surface area contributed by atoms with E-state index in [1.165, 1.54) is 30.5 Å². The summed E-state index contributed by atoms with van der Waals surface area (Å²) in [4.78, 5) is 12.7. The van der Waals surface area contributed by atoms with Crippen LogP contribution in [0.2, 0.25) is 0 Å². The van der Waals surface area contributed by atoms with Crippen LogP contribution in [-0.4, -0.2) is 21.6 Å². The molecule has 3 aromatic heterocycles. The van der Waals surface area contributed by atoms with Gasteiger partial charge < -0.3 is 10.1 Å². The lowest BCUT2D eigenvalue weighted by atomic mass is 10.1. The van der Waals surface area contributed by atoms with E-state index in [0.29, 0.717) is 29.1 Å². The fourth-order valence-electron chi connectivity index (χ4n) is 3.52. The summed E-state index contributed by atoms with van der Waals surface area (Å²) in [6, 6.07) is 11.2. The van der Waals surface area contributed by atoms with E-state index in [2.05, 4.69) is 20.3 Å². The maximum absolute atomic E-state index is 13.5. The molecule has 0 amide bonds. The van der Waals surface area contributed by atoms with Gasteiger partial charge >= 0.3 is 12.4 Å². The van der Waals surface area contributed by atoms with E-state index < -0.39 is 23.5 Å². The Morgan fingerprint density at radius 1 is 0.889 bits per heavy atom. The quantitative estimate of drug-likeness (QED) is 0.209. The van der Waals surface area contributed by atoms with Crippen LogP contribution in [0.15, 0.2) is 60.8 Å². The minimum absolute atomic E-state index is 0.0185. The van der Waals surface area contributed by atoms with Crippen molar-refractivity contribution in [3.63, 3.8) is 0 Å². The molecule has 4 rings (SSSR count). The van der Waals surface area contributed by atoms with Crippen LogP contribution in [0.1, 0.15) is 30.2 Å². The molecule has 0 unspecified atom stereocenters. The number of rotatable bonds is 7. The molecule has 0 aliphatic carbocycles. The summed E-state index contributed by atoms with van der Waals surface area (Å²) in [7, 11) is 0. The Kier molecular flexibility index (Phi) is 7.11. The second-order valence-corrected chi connectivity index (χ2v) is 7.88. The Morgan fingerprint density at radius 2 is 1.64 bits per heavy atom. The summed E-state index contributed by atoms with van der Waals surface area (Å²) in [5.41, 5.74) is -0.639. The second-order valence-electron chi connectivity index (χ2n) is 7.88. The van der Waals surface area contributed by atoms with Gasteiger partial charge in [0.2, 0.25) is 0 Å². The van der Waals surface area contributed by atoms with Gasteiger partial charge in [0.25, 0.3) is 0 Å². The van der Waals surface area contributed by atoms with Crippen LogP contribution in [0.25, 0.3) is 22.4 Å². The predicted octanol–water partition coefficient (Wildman–Crippen LogP) is 7.40. The zero-order chi connectivity index (χ0) is 25.9. The van der Waals surface area contributed by atoms with Crippen LogP contribution >= 0.6 is 0 Å². The van der Waals surface area contributed by atoms with Gasteiger partial charge in [-0.2, -0.15) is 26.3 Å². The number of benzene rings is 1. The zero-order valence-corrected chi connectivity index (χ0v) is 18.9. The van der Waals surface area contributed by atoms with E-state index in [1.807, 2.05) is 6.92 Å². The van der Waals surface area contributed by atoms with E-state index >= 15 is 0 Å². The summed E-state index contributed by atoms with van der Waals surface area (Å²) in [5.74, 6) is 0. The maximum atomic E-state index is 13.5. The fourth-order valence-corrected chi connectivity index (χ4v) is 3.52. The van der Waals surface area contributed by atoms with E-state index in [4.69, 9.17) is 4.74 Å². The largest absolute Gasteiger partial charge is 0.418 e. The van der Waals surface area contributed by atoms with Gasteiger partial charge in [0.15, 0.2) is 5.65 Å². The molecule has 11 heteroatoms. The first-order valence-corrected chi connectivity index (χ1v) is 10.9. The zero-order valence-electron chi connectivity index (χ0n) is 18.9. The van der Waals surface area contributed by atoms with Gasteiger partial charge in [-0.1, -0.05) is 6.92 Å². The van der Waals surface area contributed by atoms with Crippen LogP contribution in [0, 0.1) is 0 Å². The van der Waals surface area contributed by atoms with E-state index in [9.17, 15) is 26.3 Å². The number of ether oxygens (including phenoxy) is 1. The van der Waals surface area contributed by atoms with Crippen molar-refractivity contribution >= 4 is 22.4 Å². The molecule has 0 radical (unpaired) electrons. The first-order valence-electron chi connectivity index (χ1n) is 10.9. The Balaban J connectivity index is 1.77. The van der Waals surface area contributed by atoms with Crippen molar-refractivity contribution in [1.82, 2.24) is 15.0 Å². The third-order valence-corrected chi connectivity index (χ3v) is 5.17. The molecule has 0 saturated heterocycles. The first-order chi connectivity index (χ1) is 17.1. The summed E-state index contributed by atoms with van der Waals surface area (Å²) < 4.78 is 84.8. The van der Waals surface area contributed by atoms with Crippen LogP contribution in [0.4, 0.5) is 37.7 Å². The highest BCUT2D eigenvalue weighted by Crippen LogP contribution is 2.36. The smallest absolute Gasteiger partial charge is 0.375 e. The Bertz CT molecular complexity index is 1350. The number of fused-ring (bicyclic) bond motifs is 1. The number of hydrogen-bond donors (Lipinski definition) is 1. The van der Waals surface area contributed by atoms with E-state index in [-0.39, 0.29) is 23.6 Å². The normalized spacial score (nSPS) is 12.2. The molecule has 5 nitrogen and oxygen atoms in total. The monoisotopic (exact) mass is 506 g/mol.